The van der Waals surface area contributed by atoms with Gasteiger partial charge in [0.25, 0.3) is 5.69 Å². The molecule has 1 aliphatic carbocycles. The van der Waals surface area contributed by atoms with Gasteiger partial charge in [0, 0.05) is 18.2 Å². The van der Waals surface area contributed by atoms with Gasteiger partial charge in [-0.15, -0.1) is 11.3 Å². The molecule has 21 heavy (non-hydrogen) atoms. The fourth-order valence-corrected chi connectivity index (χ4v) is 3.67. The second-order valence-electron chi connectivity index (χ2n) is 5.58. The molecule has 0 aliphatic heterocycles. The van der Waals surface area contributed by atoms with Crippen LogP contribution < -0.4 is 11.1 Å². The van der Waals surface area contributed by atoms with Gasteiger partial charge in [-0.25, -0.2) is 4.98 Å². The van der Waals surface area contributed by atoms with Gasteiger partial charge in [-0.1, -0.05) is 0 Å². The average molecular weight is 306 g/mol. The van der Waals surface area contributed by atoms with E-state index in [4.69, 9.17) is 5.73 Å². The van der Waals surface area contributed by atoms with E-state index in [2.05, 4.69) is 10.3 Å². The minimum Gasteiger partial charge on any atom is -0.377 e. The molecule has 1 fully saturated rings. The van der Waals surface area contributed by atoms with Crippen molar-refractivity contribution in [2.45, 2.75) is 44.7 Å². The van der Waals surface area contributed by atoms with E-state index in [0.717, 1.165) is 40.9 Å². The third kappa shape index (κ3) is 2.98. The van der Waals surface area contributed by atoms with Crippen molar-refractivity contribution in [3.8, 4) is 0 Å². The highest BCUT2D eigenvalue weighted by Crippen LogP contribution is 2.34. The molecular weight excluding hydrogens is 288 g/mol. The summed E-state index contributed by atoms with van der Waals surface area (Å²) in [4.78, 5) is 15.4. The summed E-state index contributed by atoms with van der Waals surface area (Å²) >= 11 is 1.48. The lowest BCUT2D eigenvalue weighted by Gasteiger charge is -2.27. The summed E-state index contributed by atoms with van der Waals surface area (Å²) in [6, 6.07) is 3.94. The minimum absolute atomic E-state index is 0.126. The summed E-state index contributed by atoms with van der Waals surface area (Å²) in [6.45, 7) is 1.91. The zero-order chi connectivity index (χ0) is 15.0. The Balaban J connectivity index is 1.92. The summed E-state index contributed by atoms with van der Waals surface area (Å²) in [7, 11) is 0. The molecule has 0 amide bonds. The molecule has 0 unspecified atom stereocenters. The number of benzene rings is 1. The quantitative estimate of drug-likeness (QED) is 0.671. The third-order valence-corrected chi connectivity index (χ3v) is 4.87. The molecule has 0 atom stereocenters. The Morgan fingerprint density at radius 2 is 2.10 bits per heavy atom. The van der Waals surface area contributed by atoms with E-state index in [1.54, 1.807) is 12.1 Å². The number of hydrogen-bond donors (Lipinski definition) is 2. The van der Waals surface area contributed by atoms with Gasteiger partial charge >= 0.3 is 0 Å². The number of nitrogens with one attached hydrogen (secondary N) is 1. The van der Waals surface area contributed by atoms with Gasteiger partial charge < -0.3 is 11.1 Å². The number of nitro benzene ring substituents is 1. The fourth-order valence-electron chi connectivity index (χ4n) is 2.83. The van der Waals surface area contributed by atoms with Crippen LogP contribution in [0, 0.1) is 17.0 Å². The van der Waals surface area contributed by atoms with Crippen LogP contribution in [-0.2, 0) is 0 Å². The van der Waals surface area contributed by atoms with Crippen molar-refractivity contribution >= 4 is 32.9 Å². The van der Waals surface area contributed by atoms with Crippen molar-refractivity contribution in [1.82, 2.24) is 4.98 Å². The first-order chi connectivity index (χ1) is 10.0. The van der Waals surface area contributed by atoms with Gasteiger partial charge in [0.15, 0.2) is 0 Å². The average Bonchev–Trinajstić information content (AvgIpc) is 2.79. The summed E-state index contributed by atoms with van der Waals surface area (Å²) in [5.41, 5.74) is 7.41. The highest BCUT2D eigenvalue weighted by atomic mass is 32.1. The first kappa shape index (κ1) is 14.2. The predicted molar refractivity (Wildman–Crippen MR) is 84.9 cm³/mol. The van der Waals surface area contributed by atoms with Crippen molar-refractivity contribution in [3.05, 3.63) is 27.3 Å². The molecule has 1 saturated carbocycles. The molecular formula is C14H18N4O2S. The van der Waals surface area contributed by atoms with Crippen LogP contribution in [0.2, 0.25) is 0 Å². The van der Waals surface area contributed by atoms with Crippen molar-refractivity contribution in [2.75, 3.05) is 5.32 Å². The monoisotopic (exact) mass is 306 g/mol. The molecule has 3 rings (SSSR count). The van der Waals surface area contributed by atoms with Crippen LogP contribution in [0.1, 0.15) is 30.7 Å². The number of hydrogen-bond acceptors (Lipinski definition) is 6. The van der Waals surface area contributed by atoms with E-state index in [0.29, 0.717) is 5.69 Å². The van der Waals surface area contributed by atoms with Crippen LogP contribution in [0.5, 0.6) is 0 Å². The number of aryl methyl sites for hydroxylation is 1. The third-order valence-electron chi connectivity index (χ3n) is 3.94. The molecule has 1 heterocycles. The SMILES string of the molecule is Cc1nc2cc(NC3CCC(N)CC3)c([N+](=O)[O-])cc2s1. The summed E-state index contributed by atoms with van der Waals surface area (Å²) < 4.78 is 0.857. The van der Waals surface area contributed by atoms with Crippen molar-refractivity contribution in [3.63, 3.8) is 0 Å². The number of rotatable bonds is 3. The number of anilines is 1. The summed E-state index contributed by atoms with van der Waals surface area (Å²) in [5, 5.41) is 15.5. The molecule has 2 aromatic rings. The number of nitrogens with zero attached hydrogens (tertiary/aromatic N) is 2. The molecule has 3 N–H and O–H groups in total. The maximum Gasteiger partial charge on any atom is 0.293 e. The van der Waals surface area contributed by atoms with Gasteiger partial charge in [0.05, 0.1) is 20.1 Å². The maximum atomic E-state index is 11.3. The first-order valence-corrected chi connectivity index (χ1v) is 7.92. The second-order valence-corrected chi connectivity index (χ2v) is 6.82. The predicted octanol–water partition coefficient (Wildman–Crippen LogP) is 3.19. The van der Waals surface area contributed by atoms with Gasteiger partial charge in [0.2, 0.25) is 0 Å². The summed E-state index contributed by atoms with van der Waals surface area (Å²) in [5.74, 6) is 0. The normalized spacial score (nSPS) is 22.4. The molecule has 0 spiro atoms. The molecule has 1 aromatic heterocycles. The zero-order valence-corrected chi connectivity index (χ0v) is 12.7. The van der Waals surface area contributed by atoms with Gasteiger partial charge in [-0.3, -0.25) is 10.1 Å². The van der Waals surface area contributed by atoms with E-state index in [1.807, 2.05) is 6.92 Å². The van der Waals surface area contributed by atoms with Crippen molar-refractivity contribution in [1.29, 1.82) is 0 Å². The van der Waals surface area contributed by atoms with E-state index in [9.17, 15) is 10.1 Å². The molecule has 0 radical (unpaired) electrons. The van der Waals surface area contributed by atoms with Crippen LogP contribution in [0.4, 0.5) is 11.4 Å². The number of fused-ring (bicyclic) bond motifs is 1. The smallest absolute Gasteiger partial charge is 0.293 e. The van der Waals surface area contributed by atoms with E-state index < -0.39 is 0 Å². The Hall–Kier alpha value is -1.73. The molecule has 0 bridgehead atoms. The van der Waals surface area contributed by atoms with Crippen LogP contribution in [0.3, 0.4) is 0 Å². The first-order valence-electron chi connectivity index (χ1n) is 7.10. The number of nitro groups is 1. The van der Waals surface area contributed by atoms with Gasteiger partial charge in [-0.2, -0.15) is 0 Å². The largest absolute Gasteiger partial charge is 0.377 e. The summed E-state index contributed by atoms with van der Waals surface area (Å²) in [6.07, 6.45) is 3.83. The van der Waals surface area contributed by atoms with Crippen LogP contribution in [0.25, 0.3) is 10.2 Å². The number of nitrogens with two attached hydrogens (primary N) is 1. The van der Waals surface area contributed by atoms with Crippen LogP contribution in [-0.4, -0.2) is 22.0 Å². The van der Waals surface area contributed by atoms with E-state index in [-0.39, 0.29) is 22.7 Å². The molecule has 1 aromatic carbocycles. The highest BCUT2D eigenvalue weighted by Gasteiger charge is 2.23. The number of aromatic nitrogens is 1. The Labute approximate surface area is 126 Å². The Morgan fingerprint density at radius 1 is 1.38 bits per heavy atom. The molecule has 0 saturated heterocycles. The van der Waals surface area contributed by atoms with Crippen LogP contribution >= 0.6 is 11.3 Å². The Morgan fingerprint density at radius 3 is 2.76 bits per heavy atom. The fraction of sp³-hybridized carbons (Fsp3) is 0.500. The van der Waals surface area contributed by atoms with Crippen molar-refractivity contribution in [2.24, 2.45) is 5.73 Å². The lowest BCUT2D eigenvalue weighted by atomic mass is 9.91. The Bertz CT molecular complexity index is 677. The molecule has 7 heteroatoms. The topological polar surface area (TPSA) is 94.1 Å². The standard InChI is InChI=1S/C14H18N4O2S/c1-8-16-12-6-11(13(18(19)20)7-14(12)21-8)17-10-4-2-9(15)3-5-10/h6-7,9-10,17H,2-5,15H2,1H3. The van der Waals surface area contributed by atoms with Gasteiger partial charge in [0.1, 0.15) is 5.69 Å². The van der Waals surface area contributed by atoms with E-state index >= 15 is 0 Å². The number of thiazole rings is 1. The zero-order valence-electron chi connectivity index (χ0n) is 11.8. The lowest BCUT2D eigenvalue weighted by Crippen LogP contribution is -2.32. The van der Waals surface area contributed by atoms with Gasteiger partial charge in [-0.05, 0) is 38.7 Å². The minimum atomic E-state index is -0.328. The van der Waals surface area contributed by atoms with Crippen LogP contribution in [0.15, 0.2) is 12.1 Å². The van der Waals surface area contributed by atoms with Crippen molar-refractivity contribution < 1.29 is 4.92 Å². The Kier molecular flexibility index (Phi) is 3.77. The molecule has 112 valence electrons. The maximum absolute atomic E-state index is 11.3. The second kappa shape index (κ2) is 5.57. The lowest BCUT2D eigenvalue weighted by molar-refractivity contribution is -0.383. The molecule has 1 aliphatic rings. The molecule has 6 nitrogen and oxygen atoms in total. The highest BCUT2D eigenvalue weighted by molar-refractivity contribution is 7.18. The van der Waals surface area contributed by atoms with E-state index in [1.165, 1.54) is 11.3 Å².